The molecule has 0 bridgehead atoms. The number of aliphatic hydroxyl groups is 1. The summed E-state index contributed by atoms with van der Waals surface area (Å²) in [5.74, 6) is -0.145. The van der Waals surface area contributed by atoms with Gasteiger partial charge in [0.2, 0.25) is 8.87 Å². The average molecular weight is 156 g/mol. The monoisotopic (exact) mass is 156 g/mol. The minimum atomic E-state index is -3.00. The third kappa shape index (κ3) is 3.29. The first-order valence-electron chi connectivity index (χ1n) is 2.01. The lowest BCUT2D eigenvalue weighted by Gasteiger charge is -1.92. The quantitative estimate of drug-likeness (QED) is 0.569. The summed E-state index contributed by atoms with van der Waals surface area (Å²) in [4.78, 5) is 0. The van der Waals surface area contributed by atoms with Gasteiger partial charge in [0.1, 0.15) is 0 Å². The summed E-state index contributed by atoms with van der Waals surface area (Å²) >= 11 is 0. The normalized spacial score (nSPS) is 11.8. The predicted octanol–water partition coefficient (Wildman–Crippen LogP) is -0.328. The van der Waals surface area contributed by atoms with Crippen molar-refractivity contribution in [1.82, 2.24) is 0 Å². The second kappa shape index (κ2) is 3.32. The van der Waals surface area contributed by atoms with Crippen molar-refractivity contribution in [1.29, 1.82) is 0 Å². The van der Waals surface area contributed by atoms with Gasteiger partial charge in [-0.1, -0.05) is 0 Å². The van der Waals surface area contributed by atoms with Crippen molar-refractivity contribution in [2.24, 2.45) is 0 Å². The van der Waals surface area contributed by atoms with E-state index in [0.29, 0.717) is 0 Å². The number of aliphatic hydroxyl groups excluding tert-OH is 1. The van der Waals surface area contributed by atoms with E-state index in [1.807, 2.05) is 0 Å². The molecular weight excluding hydrogens is 148 g/mol. The van der Waals surface area contributed by atoms with Gasteiger partial charge in [-0.05, 0) is 17.0 Å². The molecule has 0 unspecified atom stereocenters. The van der Waals surface area contributed by atoms with Gasteiger partial charge >= 0.3 is 0 Å². The summed E-state index contributed by atoms with van der Waals surface area (Å²) in [5, 5.41) is 8.14. The van der Waals surface area contributed by atoms with E-state index in [1.54, 1.807) is 0 Å². The maximum absolute atomic E-state index is 10.4. The van der Waals surface area contributed by atoms with E-state index in [-0.39, 0.29) is 12.4 Å². The zero-order valence-electron chi connectivity index (χ0n) is 4.49. The number of rotatable bonds is 3. The lowest BCUT2D eigenvalue weighted by molar-refractivity contribution is 0.320. The molecule has 0 aromatic rings. The molecule has 0 aliphatic carbocycles. The Morgan fingerprint density at radius 1 is 1.62 bits per heavy atom. The molecule has 0 aliphatic heterocycles. The Hall–Kier alpha value is 0.260. The standard InChI is InChI=1S/C3H8O3S2/c1-7-8(5,6)3-2-4/h4H,2-3H2,1H3. The molecule has 1 N–H and O–H groups in total. The molecule has 0 heterocycles. The van der Waals surface area contributed by atoms with E-state index in [4.69, 9.17) is 5.11 Å². The first-order chi connectivity index (χ1) is 3.62. The Labute approximate surface area is 52.4 Å². The topological polar surface area (TPSA) is 54.4 Å². The molecule has 0 saturated carbocycles. The second-order valence-electron chi connectivity index (χ2n) is 1.15. The van der Waals surface area contributed by atoms with Gasteiger partial charge in [-0.15, -0.1) is 0 Å². The molecule has 3 nitrogen and oxygen atoms in total. The van der Waals surface area contributed by atoms with Crippen molar-refractivity contribution in [3.05, 3.63) is 0 Å². The van der Waals surface area contributed by atoms with Gasteiger partial charge in [0, 0.05) is 0 Å². The Kier molecular flexibility index (Phi) is 3.43. The van der Waals surface area contributed by atoms with E-state index in [1.165, 1.54) is 6.26 Å². The van der Waals surface area contributed by atoms with E-state index in [2.05, 4.69) is 0 Å². The molecule has 0 atom stereocenters. The lowest BCUT2D eigenvalue weighted by atomic mass is 10.9. The smallest absolute Gasteiger partial charge is 0.203 e. The largest absolute Gasteiger partial charge is 0.395 e. The van der Waals surface area contributed by atoms with Gasteiger partial charge in [0.15, 0.2) is 0 Å². The van der Waals surface area contributed by atoms with Crippen LogP contribution in [-0.4, -0.2) is 32.1 Å². The average Bonchev–Trinajstić information content (AvgIpc) is 1.67. The third-order valence-electron chi connectivity index (χ3n) is 0.595. The first-order valence-corrected chi connectivity index (χ1v) is 5.41. The van der Waals surface area contributed by atoms with E-state index in [9.17, 15) is 8.42 Å². The number of hydrogen-bond donors (Lipinski definition) is 1. The fraction of sp³-hybridized carbons (Fsp3) is 1.00. The Bertz CT molecular complexity index is 137. The van der Waals surface area contributed by atoms with Crippen LogP contribution in [0.4, 0.5) is 0 Å². The van der Waals surface area contributed by atoms with Gasteiger partial charge < -0.3 is 5.11 Å². The first kappa shape index (κ1) is 8.26. The van der Waals surface area contributed by atoms with Gasteiger partial charge in [0.25, 0.3) is 0 Å². The molecule has 0 aliphatic rings. The van der Waals surface area contributed by atoms with Crippen molar-refractivity contribution in [2.75, 3.05) is 18.6 Å². The fourth-order valence-corrected chi connectivity index (χ4v) is 1.31. The molecule has 0 saturated heterocycles. The van der Waals surface area contributed by atoms with Crippen LogP contribution < -0.4 is 0 Å². The zero-order chi connectivity index (χ0) is 6.62. The second-order valence-corrected chi connectivity index (χ2v) is 5.53. The predicted molar refractivity (Wildman–Crippen MR) is 34.4 cm³/mol. The van der Waals surface area contributed by atoms with Crippen molar-refractivity contribution < 1.29 is 13.5 Å². The van der Waals surface area contributed by atoms with E-state index >= 15 is 0 Å². The molecule has 0 fully saturated rings. The summed E-state index contributed by atoms with van der Waals surface area (Å²) in [6.07, 6.45) is 1.48. The van der Waals surface area contributed by atoms with E-state index < -0.39 is 8.87 Å². The summed E-state index contributed by atoms with van der Waals surface area (Å²) in [7, 11) is -2.24. The SMILES string of the molecule is CSS(=O)(=O)CCO. The maximum atomic E-state index is 10.4. The van der Waals surface area contributed by atoms with Crippen molar-refractivity contribution in [3.8, 4) is 0 Å². The molecule has 0 rings (SSSR count). The Morgan fingerprint density at radius 2 is 2.12 bits per heavy atom. The van der Waals surface area contributed by atoms with Crippen molar-refractivity contribution in [3.63, 3.8) is 0 Å². The summed E-state index contributed by atoms with van der Waals surface area (Å²) in [5.41, 5.74) is 0. The van der Waals surface area contributed by atoms with Crippen molar-refractivity contribution in [2.45, 2.75) is 0 Å². The summed E-state index contributed by atoms with van der Waals surface area (Å²) in [6, 6.07) is 0. The molecule has 8 heavy (non-hydrogen) atoms. The van der Waals surface area contributed by atoms with Gasteiger partial charge in [-0.25, -0.2) is 8.42 Å². The molecule has 0 spiro atoms. The van der Waals surface area contributed by atoms with Crippen LogP contribution in [0, 0.1) is 0 Å². The molecule has 5 heteroatoms. The van der Waals surface area contributed by atoms with Crippen LogP contribution in [0.1, 0.15) is 0 Å². The summed E-state index contributed by atoms with van der Waals surface area (Å²) < 4.78 is 20.8. The molecule has 0 radical (unpaired) electrons. The van der Waals surface area contributed by atoms with Crippen LogP contribution in [-0.2, 0) is 8.87 Å². The van der Waals surface area contributed by atoms with Crippen LogP contribution in [0.25, 0.3) is 0 Å². The lowest BCUT2D eigenvalue weighted by Crippen LogP contribution is -2.03. The molecule has 50 valence electrons. The Morgan fingerprint density at radius 3 is 2.25 bits per heavy atom. The highest BCUT2D eigenvalue weighted by Gasteiger charge is 2.04. The van der Waals surface area contributed by atoms with Crippen LogP contribution in [0.5, 0.6) is 0 Å². The van der Waals surface area contributed by atoms with Crippen LogP contribution in [0.15, 0.2) is 0 Å². The molecule has 0 aromatic heterocycles. The van der Waals surface area contributed by atoms with Crippen molar-refractivity contribution >= 4 is 19.7 Å². The third-order valence-corrected chi connectivity index (χ3v) is 3.81. The highest BCUT2D eigenvalue weighted by atomic mass is 33.1. The van der Waals surface area contributed by atoms with Gasteiger partial charge in [0.05, 0.1) is 12.4 Å². The fourth-order valence-electron chi connectivity index (χ4n) is 0.195. The molecule has 0 aromatic carbocycles. The van der Waals surface area contributed by atoms with Crippen LogP contribution >= 0.6 is 10.8 Å². The highest BCUT2D eigenvalue weighted by molar-refractivity contribution is 8.71. The Balaban J connectivity index is 3.76. The van der Waals surface area contributed by atoms with Gasteiger partial charge in [-0.2, -0.15) is 0 Å². The minimum Gasteiger partial charge on any atom is -0.395 e. The van der Waals surface area contributed by atoms with Gasteiger partial charge in [-0.3, -0.25) is 0 Å². The molecule has 0 amide bonds. The zero-order valence-corrected chi connectivity index (χ0v) is 6.13. The van der Waals surface area contributed by atoms with E-state index in [0.717, 1.165) is 10.8 Å². The highest BCUT2D eigenvalue weighted by Crippen LogP contribution is 2.05. The van der Waals surface area contributed by atoms with Crippen LogP contribution in [0.3, 0.4) is 0 Å². The number of hydrogen-bond acceptors (Lipinski definition) is 4. The maximum Gasteiger partial charge on any atom is 0.203 e. The molecular formula is C3H8O3S2. The summed E-state index contributed by atoms with van der Waals surface area (Å²) in [6.45, 7) is -0.289. The van der Waals surface area contributed by atoms with Crippen LogP contribution in [0.2, 0.25) is 0 Å². The minimum absolute atomic E-state index is 0.145.